The fraction of sp³-hybridized carbons (Fsp3) is 0.0938. The van der Waals surface area contributed by atoms with Gasteiger partial charge in [0.25, 0.3) is 5.91 Å². The van der Waals surface area contributed by atoms with E-state index in [1.807, 2.05) is 85.8 Å². The van der Waals surface area contributed by atoms with Crippen molar-refractivity contribution in [1.29, 1.82) is 0 Å². The molecule has 8 heteroatoms. The van der Waals surface area contributed by atoms with Gasteiger partial charge in [-0.2, -0.15) is 0 Å². The molecule has 4 aromatic carbocycles. The summed E-state index contributed by atoms with van der Waals surface area (Å²) in [6.07, 6.45) is 0. The third-order valence-corrected chi connectivity index (χ3v) is 6.80. The topological polar surface area (TPSA) is 77.5 Å². The average Bonchev–Trinajstić information content (AvgIpc) is 2.97. The highest BCUT2D eigenvalue weighted by Gasteiger charge is 2.21. The minimum absolute atomic E-state index is 0.282. The Morgan fingerprint density at radius 2 is 1.60 bits per heavy atom. The van der Waals surface area contributed by atoms with Gasteiger partial charge >= 0.3 is 5.97 Å². The first-order valence-electron chi connectivity index (χ1n) is 12.5. The molecule has 0 aliphatic heterocycles. The van der Waals surface area contributed by atoms with Crippen LogP contribution >= 0.6 is 23.2 Å². The molecule has 6 nitrogen and oxygen atoms in total. The molecule has 0 saturated heterocycles. The molecule has 40 heavy (non-hydrogen) atoms. The second-order valence-corrected chi connectivity index (χ2v) is 9.87. The van der Waals surface area contributed by atoms with Gasteiger partial charge in [-0.1, -0.05) is 71.7 Å². The minimum atomic E-state index is -0.627. The predicted molar refractivity (Wildman–Crippen MR) is 158 cm³/mol. The van der Waals surface area contributed by atoms with E-state index in [1.165, 1.54) is 6.07 Å². The third kappa shape index (κ3) is 6.25. The Hall–Kier alpha value is -4.39. The van der Waals surface area contributed by atoms with E-state index in [1.54, 1.807) is 12.1 Å². The molecule has 1 amide bonds. The molecule has 0 aliphatic carbocycles. The Balaban J connectivity index is 1.35. The zero-order valence-corrected chi connectivity index (χ0v) is 23.0. The number of nitrogens with zero attached hydrogens (tertiary/aromatic N) is 1. The highest BCUT2D eigenvalue weighted by atomic mass is 35.5. The highest BCUT2D eigenvalue weighted by Crippen LogP contribution is 2.31. The summed E-state index contributed by atoms with van der Waals surface area (Å²) in [6.45, 7) is 1.79. The number of ether oxygens (including phenoxy) is 2. The molecule has 0 bridgehead atoms. The van der Waals surface area contributed by atoms with E-state index in [2.05, 4.69) is 5.32 Å². The number of carbonyl (C=O) groups is 2. The van der Waals surface area contributed by atoms with Crippen LogP contribution in [0.4, 0.5) is 5.69 Å². The number of rotatable bonds is 8. The van der Waals surface area contributed by atoms with E-state index < -0.39 is 18.5 Å². The van der Waals surface area contributed by atoms with Crippen LogP contribution in [0.15, 0.2) is 97.1 Å². The van der Waals surface area contributed by atoms with Crippen molar-refractivity contribution in [3.63, 3.8) is 0 Å². The number of halogens is 2. The van der Waals surface area contributed by atoms with Crippen LogP contribution in [-0.2, 0) is 16.1 Å². The molecule has 1 heterocycles. The van der Waals surface area contributed by atoms with Gasteiger partial charge in [0, 0.05) is 16.0 Å². The van der Waals surface area contributed by atoms with Gasteiger partial charge in [-0.25, -0.2) is 9.78 Å². The number of benzene rings is 4. The monoisotopic (exact) mass is 570 g/mol. The summed E-state index contributed by atoms with van der Waals surface area (Å²) in [7, 11) is 0. The lowest BCUT2D eigenvalue weighted by Crippen LogP contribution is -2.21. The van der Waals surface area contributed by atoms with Gasteiger partial charge in [-0.05, 0) is 66.6 Å². The van der Waals surface area contributed by atoms with Crippen molar-refractivity contribution in [3.8, 4) is 17.0 Å². The van der Waals surface area contributed by atoms with Gasteiger partial charge in [-0.3, -0.25) is 4.79 Å². The fourth-order valence-electron chi connectivity index (χ4n) is 4.28. The molecule has 5 rings (SSSR count). The summed E-state index contributed by atoms with van der Waals surface area (Å²) in [4.78, 5) is 30.6. The first kappa shape index (κ1) is 27.2. The van der Waals surface area contributed by atoms with E-state index in [4.69, 9.17) is 37.7 Å². The van der Waals surface area contributed by atoms with Crippen LogP contribution in [0, 0.1) is 6.92 Å². The molecular weight excluding hydrogens is 547 g/mol. The fourth-order valence-corrected chi connectivity index (χ4v) is 4.74. The maximum Gasteiger partial charge on any atom is 0.339 e. The van der Waals surface area contributed by atoms with Gasteiger partial charge < -0.3 is 14.8 Å². The lowest BCUT2D eigenvalue weighted by atomic mass is 9.97. The standard InChI is InChI=1S/C32H24Cl2N2O4/c1-20-30(32(38)40-19-29(37)35-28-16-13-23(33)17-26(28)34)25-9-5-6-10-27(25)36-31(20)22-11-14-24(15-12-22)39-18-21-7-3-2-4-8-21/h2-17H,18-19H2,1H3,(H,35,37). The molecule has 200 valence electrons. The van der Waals surface area contributed by atoms with Crippen molar-refractivity contribution in [2.45, 2.75) is 13.5 Å². The van der Waals surface area contributed by atoms with Crippen molar-refractivity contribution >= 4 is 51.7 Å². The van der Waals surface area contributed by atoms with Crippen LogP contribution in [0.2, 0.25) is 10.0 Å². The van der Waals surface area contributed by atoms with E-state index in [0.29, 0.717) is 45.0 Å². The molecular formula is C32H24Cl2N2O4. The summed E-state index contributed by atoms with van der Waals surface area (Å²) >= 11 is 12.0. The lowest BCUT2D eigenvalue weighted by molar-refractivity contribution is -0.119. The molecule has 0 unspecified atom stereocenters. The number of aromatic nitrogens is 1. The molecule has 5 aromatic rings. The SMILES string of the molecule is Cc1c(-c2ccc(OCc3ccccc3)cc2)nc2ccccc2c1C(=O)OCC(=O)Nc1ccc(Cl)cc1Cl. The van der Waals surface area contributed by atoms with Crippen molar-refractivity contribution in [3.05, 3.63) is 124 Å². The predicted octanol–water partition coefficient (Wildman–Crippen LogP) is 7.89. The van der Waals surface area contributed by atoms with Gasteiger partial charge in [0.05, 0.1) is 27.5 Å². The van der Waals surface area contributed by atoms with Crippen LogP contribution in [0.5, 0.6) is 5.75 Å². The van der Waals surface area contributed by atoms with Gasteiger partial charge in [0.15, 0.2) is 6.61 Å². The Bertz CT molecular complexity index is 1690. The third-order valence-electron chi connectivity index (χ3n) is 6.26. The number of esters is 1. The first-order chi connectivity index (χ1) is 19.4. The van der Waals surface area contributed by atoms with Crippen LogP contribution in [0.25, 0.3) is 22.2 Å². The number of amides is 1. The Morgan fingerprint density at radius 3 is 2.35 bits per heavy atom. The normalized spacial score (nSPS) is 10.8. The number of pyridine rings is 1. The Morgan fingerprint density at radius 1 is 0.875 bits per heavy atom. The van der Waals surface area contributed by atoms with Crippen molar-refractivity contribution in [1.82, 2.24) is 4.98 Å². The highest BCUT2D eigenvalue weighted by molar-refractivity contribution is 6.36. The lowest BCUT2D eigenvalue weighted by Gasteiger charge is -2.15. The summed E-state index contributed by atoms with van der Waals surface area (Å²) in [5.74, 6) is -0.435. The maximum atomic E-state index is 13.3. The van der Waals surface area contributed by atoms with Crippen molar-refractivity contribution in [2.75, 3.05) is 11.9 Å². The van der Waals surface area contributed by atoms with E-state index in [0.717, 1.165) is 16.9 Å². The van der Waals surface area contributed by atoms with Crippen LogP contribution in [-0.4, -0.2) is 23.5 Å². The summed E-state index contributed by atoms with van der Waals surface area (Å²) in [6, 6.07) is 29.5. The van der Waals surface area contributed by atoms with E-state index in [-0.39, 0.29) is 5.02 Å². The Labute approximate surface area is 241 Å². The van der Waals surface area contributed by atoms with Gasteiger partial charge in [-0.15, -0.1) is 0 Å². The summed E-state index contributed by atoms with van der Waals surface area (Å²) < 4.78 is 11.3. The van der Waals surface area contributed by atoms with Gasteiger partial charge in [0.2, 0.25) is 0 Å². The molecule has 0 radical (unpaired) electrons. The quantitative estimate of drug-likeness (QED) is 0.192. The second kappa shape index (κ2) is 12.2. The van der Waals surface area contributed by atoms with Crippen LogP contribution < -0.4 is 10.1 Å². The zero-order chi connectivity index (χ0) is 28.1. The summed E-state index contributed by atoms with van der Waals surface area (Å²) in [5.41, 5.74) is 4.53. The number of para-hydroxylation sites is 1. The number of carbonyl (C=O) groups excluding carboxylic acids is 2. The first-order valence-corrected chi connectivity index (χ1v) is 13.2. The number of fused-ring (bicyclic) bond motifs is 1. The summed E-state index contributed by atoms with van der Waals surface area (Å²) in [5, 5.41) is 3.99. The molecule has 0 fully saturated rings. The molecule has 0 aliphatic rings. The van der Waals surface area contributed by atoms with Crippen molar-refractivity contribution < 1.29 is 19.1 Å². The molecule has 0 spiro atoms. The number of anilines is 1. The number of hydrogen-bond acceptors (Lipinski definition) is 5. The number of hydrogen-bond donors (Lipinski definition) is 1. The maximum absolute atomic E-state index is 13.3. The van der Waals surface area contributed by atoms with E-state index >= 15 is 0 Å². The second-order valence-electron chi connectivity index (χ2n) is 9.02. The van der Waals surface area contributed by atoms with Gasteiger partial charge in [0.1, 0.15) is 12.4 Å². The largest absolute Gasteiger partial charge is 0.489 e. The zero-order valence-electron chi connectivity index (χ0n) is 21.5. The molecule has 1 N–H and O–H groups in total. The molecule has 0 atom stereocenters. The van der Waals surface area contributed by atoms with Crippen LogP contribution in [0.1, 0.15) is 21.5 Å². The molecule has 1 aromatic heterocycles. The van der Waals surface area contributed by atoms with E-state index in [9.17, 15) is 9.59 Å². The number of nitrogens with one attached hydrogen (secondary N) is 1. The van der Waals surface area contributed by atoms with Crippen molar-refractivity contribution in [2.24, 2.45) is 0 Å². The Kier molecular flexibility index (Phi) is 8.29. The van der Waals surface area contributed by atoms with Crippen LogP contribution in [0.3, 0.4) is 0 Å². The molecule has 0 saturated carbocycles. The smallest absolute Gasteiger partial charge is 0.339 e. The minimum Gasteiger partial charge on any atom is -0.489 e. The average molecular weight is 571 g/mol.